The Kier molecular flexibility index (Phi) is 11.0. The second-order valence-electron chi connectivity index (χ2n) is 12.4. The summed E-state index contributed by atoms with van der Waals surface area (Å²) in [5, 5.41) is 2.36. The van der Waals surface area contributed by atoms with E-state index in [4.69, 9.17) is 18.6 Å². The molecule has 0 saturated heterocycles. The third-order valence-electron chi connectivity index (χ3n) is 8.59. The van der Waals surface area contributed by atoms with Crippen molar-refractivity contribution >= 4 is 41.3 Å². The summed E-state index contributed by atoms with van der Waals surface area (Å²) in [6, 6.07) is 48.4. The third kappa shape index (κ3) is 6.81. The second kappa shape index (κ2) is 15.0. The largest absolute Gasteiger partial charge is 0.497 e. The quantitative estimate of drug-likeness (QED) is 0.0526. The summed E-state index contributed by atoms with van der Waals surface area (Å²) < 4.78 is 26.7. The Morgan fingerprint density at radius 2 is 0.957 bits per heavy atom. The number of hydrogen-bond acceptors (Lipinski definition) is 4. The minimum absolute atomic E-state index is 0.151. The number of alkyl halides is 1. The predicted molar refractivity (Wildman–Crippen MR) is 200 cm³/mol. The summed E-state index contributed by atoms with van der Waals surface area (Å²) in [6.45, 7) is 7.31. The fourth-order valence-electron chi connectivity index (χ4n) is 6.34. The zero-order chi connectivity index (χ0) is 32.6. The topological polar surface area (TPSA) is 36.9 Å². The highest BCUT2D eigenvalue weighted by atomic mass is 127. The number of benzene rings is 5. The molecule has 0 fully saturated rings. The molecule has 0 radical (unpaired) electrons. The lowest BCUT2D eigenvalue weighted by atomic mass is 9.80. The molecule has 5 aromatic rings. The van der Waals surface area contributed by atoms with Gasteiger partial charge in [0.05, 0.1) is 26.9 Å². The van der Waals surface area contributed by atoms with Crippen molar-refractivity contribution in [2.24, 2.45) is 0 Å². The van der Waals surface area contributed by atoms with Crippen LogP contribution in [0.5, 0.6) is 11.5 Å². The van der Waals surface area contributed by atoms with Crippen molar-refractivity contribution in [3.8, 4) is 11.5 Å². The van der Waals surface area contributed by atoms with Crippen molar-refractivity contribution in [3.05, 3.63) is 156 Å². The molecule has 1 atom stereocenters. The predicted octanol–water partition coefficient (Wildman–Crippen LogP) is 8.39. The third-order valence-corrected chi connectivity index (χ3v) is 14.7. The maximum absolute atomic E-state index is 7.57. The van der Waals surface area contributed by atoms with Gasteiger partial charge >= 0.3 is 0 Å². The summed E-state index contributed by atoms with van der Waals surface area (Å²) in [7, 11) is 0.564. The summed E-state index contributed by atoms with van der Waals surface area (Å²) in [4.78, 5) is 0. The summed E-state index contributed by atoms with van der Waals surface area (Å²) >= 11 is 2.45. The highest BCUT2D eigenvalue weighted by Gasteiger charge is 2.51. The summed E-state index contributed by atoms with van der Waals surface area (Å²) in [5.41, 5.74) is 2.12. The van der Waals surface area contributed by atoms with E-state index in [0.717, 1.165) is 32.6 Å². The molecule has 46 heavy (non-hydrogen) atoms. The van der Waals surface area contributed by atoms with Gasteiger partial charge in [-0.05, 0) is 56.4 Å². The van der Waals surface area contributed by atoms with Crippen molar-refractivity contribution in [1.29, 1.82) is 0 Å². The Hall–Kier alpha value is -3.43. The first-order valence-electron chi connectivity index (χ1n) is 15.6. The number of halogens is 1. The Balaban J connectivity index is 1.64. The van der Waals surface area contributed by atoms with Crippen LogP contribution in [0, 0.1) is 0 Å². The molecule has 6 heteroatoms. The minimum Gasteiger partial charge on any atom is -0.497 e. The molecular formula is C40H43IO4Si. The zero-order valence-electron chi connectivity index (χ0n) is 27.3. The molecule has 4 nitrogen and oxygen atoms in total. The maximum Gasteiger partial charge on any atom is 0.261 e. The Morgan fingerprint density at radius 3 is 1.33 bits per heavy atom. The molecular weight excluding hydrogens is 699 g/mol. The van der Waals surface area contributed by atoms with Crippen LogP contribution < -0.4 is 19.8 Å². The molecule has 0 bridgehead atoms. The van der Waals surface area contributed by atoms with Gasteiger partial charge in [-0.25, -0.2) is 0 Å². The fourth-order valence-corrected chi connectivity index (χ4v) is 11.8. The first-order chi connectivity index (χ1) is 22.3. The molecule has 0 aliphatic heterocycles. The standard InChI is InChI=1S/C40H43IO4Si/c1-39(2,3)46(37-17-11-7-12-18-37,38-19-13-8-14-20-38)45-36(29-41)30-44-40(31-15-9-6-10-16-31,32-21-25-34(42-4)26-22-32)33-23-27-35(43-5)28-24-33/h6-28,36H,29-30H2,1-5H3/t36-/m0/s1. The molecule has 0 aliphatic rings. The van der Waals surface area contributed by atoms with E-state index in [1.165, 1.54) is 10.4 Å². The van der Waals surface area contributed by atoms with Crippen LogP contribution in [0.25, 0.3) is 0 Å². The van der Waals surface area contributed by atoms with Gasteiger partial charge in [0.2, 0.25) is 0 Å². The average molecular weight is 743 g/mol. The molecule has 0 aliphatic carbocycles. The lowest BCUT2D eigenvalue weighted by Crippen LogP contribution is -2.68. The van der Waals surface area contributed by atoms with Crippen LogP contribution in [0.2, 0.25) is 5.04 Å². The molecule has 5 rings (SSSR count). The van der Waals surface area contributed by atoms with Gasteiger partial charge in [0.1, 0.15) is 17.1 Å². The van der Waals surface area contributed by atoms with Gasteiger partial charge in [0.15, 0.2) is 0 Å². The summed E-state index contributed by atoms with van der Waals surface area (Å²) in [5.74, 6) is 1.58. The smallest absolute Gasteiger partial charge is 0.261 e. The highest BCUT2D eigenvalue weighted by molar-refractivity contribution is 14.1. The number of ether oxygens (including phenoxy) is 3. The van der Waals surface area contributed by atoms with E-state index >= 15 is 0 Å². The van der Waals surface area contributed by atoms with Crippen molar-refractivity contribution in [1.82, 2.24) is 0 Å². The highest BCUT2D eigenvalue weighted by Crippen LogP contribution is 2.43. The normalized spacial score (nSPS) is 12.8. The van der Waals surface area contributed by atoms with E-state index in [1.807, 2.05) is 30.3 Å². The molecule has 0 saturated carbocycles. The van der Waals surface area contributed by atoms with E-state index in [-0.39, 0.29) is 11.1 Å². The molecule has 0 spiro atoms. The van der Waals surface area contributed by atoms with Crippen molar-refractivity contribution in [3.63, 3.8) is 0 Å². The van der Waals surface area contributed by atoms with Crippen molar-refractivity contribution < 1.29 is 18.6 Å². The average Bonchev–Trinajstić information content (AvgIpc) is 3.11. The van der Waals surface area contributed by atoms with Gasteiger partial charge in [-0.2, -0.15) is 0 Å². The number of rotatable bonds is 13. The Morgan fingerprint density at radius 1 is 0.565 bits per heavy atom. The maximum atomic E-state index is 7.57. The Bertz CT molecular complexity index is 1550. The van der Waals surface area contributed by atoms with Gasteiger partial charge in [-0.3, -0.25) is 0 Å². The van der Waals surface area contributed by atoms with Crippen LogP contribution in [0.4, 0.5) is 0 Å². The van der Waals surface area contributed by atoms with E-state index in [9.17, 15) is 0 Å². The van der Waals surface area contributed by atoms with E-state index in [0.29, 0.717) is 6.61 Å². The van der Waals surface area contributed by atoms with Gasteiger partial charge in [0.25, 0.3) is 8.32 Å². The van der Waals surface area contributed by atoms with Gasteiger partial charge in [-0.1, -0.05) is 159 Å². The van der Waals surface area contributed by atoms with Crippen LogP contribution in [-0.4, -0.2) is 39.7 Å². The molecule has 0 heterocycles. The Labute approximate surface area is 289 Å². The van der Waals surface area contributed by atoms with Crippen LogP contribution in [0.1, 0.15) is 37.5 Å². The van der Waals surface area contributed by atoms with Crippen molar-refractivity contribution in [2.75, 3.05) is 25.3 Å². The zero-order valence-corrected chi connectivity index (χ0v) is 30.4. The molecule has 0 aromatic heterocycles. The molecule has 238 valence electrons. The van der Waals surface area contributed by atoms with Crippen LogP contribution in [0.3, 0.4) is 0 Å². The van der Waals surface area contributed by atoms with Crippen LogP contribution >= 0.6 is 22.6 Å². The lowest BCUT2D eigenvalue weighted by Gasteiger charge is -2.45. The second-order valence-corrected chi connectivity index (χ2v) is 17.5. The SMILES string of the molecule is COc1ccc(C(OC[C@H](CI)O[Si](c2ccccc2)(c2ccccc2)C(C)(C)C)(c2ccccc2)c2ccc(OC)cc2)cc1. The van der Waals surface area contributed by atoms with Crippen LogP contribution in [-0.2, 0) is 14.8 Å². The first-order valence-corrected chi connectivity index (χ1v) is 19.0. The van der Waals surface area contributed by atoms with Crippen LogP contribution in [0.15, 0.2) is 140 Å². The van der Waals surface area contributed by atoms with Gasteiger partial charge in [0, 0.05) is 4.43 Å². The van der Waals surface area contributed by atoms with E-state index in [1.54, 1.807) is 14.2 Å². The first kappa shape index (κ1) is 33.9. The summed E-state index contributed by atoms with van der Waals surface area (Å²) in [6.07, 6.45) is -0.188. The number of methoxy groups -OCH3 is 2. The van der Waals surface area contributed by atoms with Gasteiger partial charge < -0.3 is 18.6 Å². The monoisotopic (exact) mass is 742 g/mol. The number of hydrogen-bond donors (Lipinski definition) is 0. The molecule has 0 N–H and O–H groups in total. The fraction of sp³-hybridized carbons (Fsp3) is 0.250. The van der Waals surface area contributed by atoms with Crippen molar-refractivity contribution in [2.45, 2.75) is 37.5 Å². The lowest BCUT2D eigenvalue weighted by molar-refractivity contribution is -0.0261. The molecule has 0 unspecified atom stereocenters. The van der Waals surface area contributed by atoms with E-state index < -0.39 is 13.9 Å². The molecule has 5 aromatic carbocycles. The minimum atomic E-state index is -2.81. The van der Waals surface area contributed by atoms with Gasteiger partial charge in [-0.15, -0.1) is 0 Å². The van der Waals surface area contributed by atoms with E-state index in [2.05, 4.69) is 153 Å². The molecule has 0 amide bonds.